The summed E-state index contributed by atoms with van der Waals surface area (Å²) in [5, 5.41) is 1.95. The Labute approximate surface area is 282 Å². The predicted molar refractivity (Wildman–Crippen MR) is 195 cm³/mol. The van der Waals surface area contributed by atoms with Crippen molar-refractivity contribution in [3.8, 4) is 68.1 Å². The van der Waals surface area contributed by atoms with Crippen LogP contribution in [0.4, 0.5) is 0 Å². The molecule has 0 atom stereocenters. The standard InChI is InChI=1S/C43H27N5O/c1-5-14-28(15-6-1)36-27-37(45-40(44-36)29-16-7-2-8-17-29)32-24-25-38-35(26-32)33-22-13-23-34(39(33)49-38)43-47-41(30-18-9-3-10-19-30)46-42(48-43)31-20-11-4-12-21-31/h1-27H. The van der Waals surface area contributed by atoms with E-state index in [1.54, 1.807) is 0 Å². The third kappa shape index (κ3) is 5.41. The molecule has 0 fully saturated rings. The van der Waals surface area contributed by atoms with Crippen LogP contribution in [0.15, 0.2) is 168 Å². The normalized spacial score (nSPS) is 11.3. The zero-order valence-electron chi connectivity index (χ0n) is 26.2. The van der Waals surface area contributed by atoms with Gasteiger partial charge in [-0.25, -0.2) is 24.9 Å². The lowest BCUT2D eigenvalue weighted by molar-refractivity contribution is 0.669. The van der Waals surface area contributed by atoms with Gasteiger partial charge < -0.3 is 4.42 Å². The molecule has 0 saturated heterocycles. The molecular weight excluding hydrogens is 603 g/mol. The number of para-hydroxylation sites is 1. The number of nitrogens with zero attached hydrogens (tertiary/aromatic N) is 5. The average Bonchev–Trinajstić information content (AvgIpc) is 3.57. The molecule has 3 aromatic heterocycles. The molecule has 49 heavy (non-hydrogen) atoms. The summed E-state index contributed by atoms with van der Waals surface area (Å²) in [5.74, 6) is 2.43. The molecule has 0 amide bonds. The summed E-state index contributed by atoms with van der Waals surface area (Å²) in [6.45, 7) is 0. The first-order valence-electron chi connectivity index (χ1n) is 16.1. The number of rotatable bonds is 6. The van der Waals surface area contributed by atoms with Crippen molar-refractivity contribution >= 4 is 21.9 Å². The van der Waals surface area contributed by atoms with Gasteiger partial charge >= 0.3 is 0 Å². The maximum Gasteiger partial charge on any atom is 0.167 e. The maximum absolute atomic E-state index is 6.57. The molecule has 0 aliphatic rings. The van der Waals surface area contributed by atoms with Crippen LogP contribution in [0.2, 0.25) is 0 Å². The summed E-state index contributed by atoms with van der Waals surface area (Å²) in [6.07, 6.45) is 0. The van der Waals surface area contributed by atoms with E-state index in [1.807, 2.05) is 127 Å². The summed E-state index contributed by atoms with van der Waals surface area (Å²) < 4.78 is 6.57. The number of fused-ring (bicyclic) bond motifs is 3. The lowest BCUT2D eigenvalue weighted by atomic mass is 10.0. The number of benzene rings is 6. The van der Waals surface area contributed by atoms with Gasteiger partial charge in [-0.1, -0.05) is 133 Å². The van der Waals surface area contributed by atoms with Crippen LogP contribution in [0, 0.1) is 0 Å². The molecule has 0 radical (unpaired) electrons. The van der Waals surface area contributed by atoms with Gasteiger partial charge in [-0.05, 0) is 30.3 Å². The molecule has 6 aromatic carbocycles. The van der Waals surface area contributed by atoms with Crippen molar-refractivity contribution in [2.75, 3.05) is 0 Å². The van der Waals surface area contributed by atoms with Crippen LogP contribution in [0.3, 0.4) is 0 Å². The highest BCUT2D eigenvalue weighted by Crippen LogP contribution is 2.38. The quantitative estimate of drug-likeness (QED) is 0.182. The number of hydrogen-bond donors (Lipinski definition) is 0. The van der Waals surface area contributed by atoms with E-state index in [0.717, 1.165) is 66.7 Å². The Morgan fingerprint density at radius 3 is 1.39 bits per heavy atom. The van der Waals surface area contributed by atoms with E-state index in [-0.39, 0.29) is 0 Å². The largest absolute Gasteiger partial charge is 0.455 e. The molecule has 9 rings (SSSR count). The molecule has 0 spiro atoms. The minimum Gasteiger partial charge on any atom is -0.455 e. The Morgan fingerprint density at radius 2 is 0.816 bits per heavy atom. The smallest absolute Gasteiger partial charge is 0.167 e. The fourth-order valence-corrected chi connectivity index (χ4v) is 6.13. The van der Waals surface area contributed by atoms with E-state index in [2.05, 4.69) is 36.4 Å². The second-order valence-corrected chi connectivity index (χ2v) is 11.7. The molecule has 0 saturated carbocycles. The van der Waals surface area contributed by atoms with Gasteiger partial charge in [0.1, 0.15) is 11.2 Å². The third-order valence-electron chi connectivity index (χ3n) is 8.56. The van der Waals surface area contributed by atoms with E-state index < -0.39 is 0 Å². The summed E-state index contributed by atoms with van der Waals surface area (Å²) in [4.78, 5) is 24.8. The van der Waals surface area contributed by atoms with E-state index in [9.17, 15) is 0 Å². The number of hydrogen-bond acceptors (Lipinski definition) is 6. The van der Waals surface area contributed by atoms with E-state index in [0.29, 0.717) is 23.3 Å². The molecule has 0 aliphatic carbocycles. The van der Waals surface area contributed by atoms with Crippen LogP contribution in [0.25, 0.3) is 90.0 Å². The Morgan fingerprint density at radius 1 is 0.327 bits per heavy atom. The van der Waals surface area contributed by atoms with E-state index in [4.69, 9.17) is 29.3 Å². The van der Waals surface area contributed by atoms with Crippen molar-refractivity contribution < 1.29 is 4.42 Å². The van der Waals surface area contributed by atoms with Gasteiger partial charge in [0.15, 0.2) is 23.3 Å². The van der Waals surface area contributed by atoms with Crippen molar-refractivity contribution in [1.29, 1.82) is 0 Å². The molecule has 9 aromatic rings. The number of aromatic nitrogens is 5. The summed E-state index contributed by atoms with van der Waals surface area (Å²) in [5.41, 5.74) is 8.78. The van der Waals surface area contributed by atoms with Crippen molar-refractivity contribution in [2.45, 2.75) is 0 Å². The molecular formula is C43H27N5O. The first-order chi connectivity index (χ1) is 24.3. The predicted octanol–water partition coefficient (Wildman–Crippen LogP) is 10.6. The second kappa shape index (κ2) is 12.1. The van der Waals surface area contributed by atoms with Crippen LogP contribution >= 0.6 is 0 Å². The highest BCUT2D eigenvalue weighted by Gasteiger charge is 2.19. The fourth-order valence-electron chi connectivity index (χ4n) is 6.13. The van der Waals surface area contributed by atoms with Gasteiger partial charge in [0.2, 0.25) is 0 Å². The first-order valence-corrected chi connectivity index (χ1v) is 16.1. The zero-order valence-corrected chi connectivity index (χ0v) is 26.2. The monoisotopic (exact) mass is 629 g/mol. The minimum absolute atomic E-state index is 0.549. The van der Waals surface area contributed by atoms with E-state index in [1.165, 1.54) is 0 Å². The Kier molecular flexibility index (Phi) is 7.02. The van der Waals surface area contributed by atoms with Crippen molar-refractivity contribution in [2.24, 2.45) is 0 Å². The second-order valence-electron chi connectivity index (χ2n) is 11.7. The Hall–Kier alpha value is -6.79. The summed E-state index contributed by atoms with van der Waals surface area (Å²) in [6, 6.07) is 54.6. The van der Waals surface area contributed by atoms with Crippen LogP contribution in [-0.2, 0) is 0 Å². The SMILES string of the molecule is c1ccc(-c2cc(-c3ccc4oc5c(-c6nc(-c7ccccc7)nc(-c7ccccc7)n6)cccc5c4c3)nc(-c3ccccc3)n2)cc1. The molecule has 0 N–H and O–H groups in total. The maximum atomic E-state index is 6.57. The van der Waals surface area contributed by atoms with Gasteiger partial charge in [0.05, 0.1) is 17.0 Å². The summed E-state index contributed by atoms with van der Waals surface area (Å²) in [7, 11) is 0. The topological polar surface area (TPSA) is 77.6 Å². The minimum atomic E-state index is 0.549. The van der Waals surface area contributed by atoms with Crippen molar-refractivity contribution in [1.82, 2.24) is 24.9 Å². The molecule has 6 nitrogen and oxygen atoms in total. The van der Waals surface area contributed by atoms with Crippen molar-refractivity contribution in [3.63, 3.8) is 0 Å². The van der Waals surface area contributed by atoms with Crippen molar-refractivity contribution in [3.05, 3.63) is 164 Å². The molecule has 230 valence electrons. The van der Waals surface area contributed by atoms with Gasteiger partial charge in [-0.2, -0.15) is 0 Å². The Bertz CT molecular complexity index is 2470. The fraction of sp³-hybridized carbons (Fsp3) is 0. The number of furan rings is 1. The van der Waals surface area contributed by atoms with E-state index >= 15 is 0 Å². The Balaban J connectivity index is 1.20. The molecule has 0 aliphatic heterocycles. The molecule has 3 heterocycles. The third-order valence-corrected chi connectivity index (χ3v) is 8.56. The first kappa shape index (κ1) is 28.4. The average molecular weight is 630 g/mol. The molecule has 0 bridgehead atoms. The highest BCUT2D eigenvalue weighted by atomic mass is 16.3. The summed E-state index contributed by atoms with van der Waals surface area (Å²) >= 11 is 0. The van der Waals surface area contributed by atoms with Crippen LogP contribution in [-0.4, -0.2) is 24.9 Å². The lowest BCUT2D eigenvalue weighted by Gasteiger charge is -2.09. The lowest BCUT2D eigenvalue weighted by Crippen LogP contribution is -2.00. The zero-order chi connectivity index (χ0) is 32.6. The van der Waals surface area contributed by atoms with Gasteiger partial charge in [-0.15, -0.1) is 0 Å². The van der Waals surface area contributed by atoms with Gasteiger partial charge in [-0.3, -0.25) is 0 Å². The highest BCUT2D eigenvalue weighted by molar-refractivity contribution is 6.10. The van der Waals surface area contributed by atoms with Crippen LogP contribution in [0.1, 0.15) is 0 Å². The van der Waals surface area contributed by atoms with Gasteiger partial charge in [0.25, 0.3) is 0 Å². The van der Waals surface area contributed by atoms with Crippen LogP contribution in [0.5, 0.6) is 0 Å². The van der Waals surface area contributed by atoms with Gasteiger partial charge in [0, 0.05) is 38.6 Å². The van der Waals surface area contributed by atoms with Crippen LogP contribution < -0.4 is 0 Å². The molecule has 0 unspecified atom stereocenters. The molecule has 6 heteroatoms.